The largest absolute Gasteiger partial charge is 0.368 e. The lowest BCUT2D eigenvalue weighted by atomic mass is 10.1. The number of nitrogens with one attached hydrogen (secondary N) is 1. The second-order valence-corrected chi connectivity index (χ2v) is 4.42. The molecule has 0 aliphatic carbocycles. The van der Waals surface area contributed by atoms with E-state index in [9.17, 15) is 9.59 Å². The highest BCUT2D eigenvalue weighted by molar-refractivity contribution is 9.10. The molecule has 0 bridgehead atoms. The number of aryl methyl sites for hydroxylation is 1. The molecular weight excluding hydrogens is 272 g/mol. The number of primary amides is 1. The van der Waals surface area contributed by atoms with E-state index in [0.29, 0.717) is 5.56 Å². The van der Waals surface area contributed by atoms with Gasteiger partial charge in [-0.05, 0) is 31.5 Å². The number of nitrogens with two attached hydrogens (primary N) is 1. The van der Waals surface area contributed by atoms with Gasteiger partial charge >= 0.3 is 0 Å². The number of hydrogen-bond donors (Lipinski definition) is 2. The van der Waals surface area contributed by atoms with E-state index in [1.165, 1.54) is 0 Å². The molecule has 1 rings (SSSR count). The van der Waals surface area contributed by atoms with E-state index in [-0.39, 0.29) is 5.91 Å². The van der Waals surface area contributed by atoms with E-state index in [1.54, 1.807) is 19.1 Å². The number of halogens is 1. The first-order valence-electron chi connectivity index (χ1n) is 4.78. The van der Waals surface area contributed by atoms with Crippen LogP contribution in [0, 0.1) is 6.92 Å². The first kappa shape index (κ1) is 12.7. The molecular formula is C11H13BrN2O2. The molecule has 0 aliphatic heterocycles. The number of hydrogen-bond acceptors (Lipinski definition) is 2. The average molecular weight is 285 g/mol. The quantitative estimate of drug-likeness (QED) is 0.880. The van der Waals surface area contributed by atoms with Gasteiger partial charge in [-0.2, -0.15) is 0 Å². The Kier molecular flexibility index (Phi) is 4.06. The highest BCUT2D eigenvalue weighted by Crippen LogP contribution is 2.17. The van der Waals surface area contributed by atoms with Crippen molar-refractivity contribution >= 4 is 27.7 Å². The van der Waals surface area contributed by atoms with Crippen LogP contribution in [0.4, 0.5) is 0 Å². The first-order chi connectivity index (χ1) is 7.41. The van der Waals surface area contributed by atoms with E-state index in [0.717, 1.165) is 10.0 Å². The number of amides is 2. The minimum atomic E-state index is -0.674. The fourth-order valence-corrected chi connectivity index (χ4v) is 1.46. The van der Waals surface area contributed by atoms with Crippen LogP contribution in [0.2, 0.25) is 0 Å². The Balaban J connectivity index is 2.81. The molecule has 1 atom stereocenters. The fraction of sp³-hybridized carbons (Fsp3) is 0.273. The van der Waals surface area contributed by atoms with Crippen LogP contribution in [0.5, 0.6) is 0 Å². The van der Waals surface area contributed by atoms with Crippen LogP contribution >= 0.6 is 15.9 Å². The summed E-state index contributed by atoms with van der Waals surface area (Å²) in [6.07, 6.45) is 0. The van der Waals surface area contributed by atoms with Crippen molar-refractivity contribution in [3.8, 4) is 0 Å². The monoisotopic (exact) mass is 284 g/mol. The van der Waals surface area contributed by atoms with Crippen LogP contribution in [-0.2, 0) is 4.79 Å². The van der Waals surface area contributed by atoms with Crippen molar-refractivity contribution in [2.45, 2.75) is 19.9 Å². The van der Waals surface area contributed by atoms with Crippen molar-refractivity contribution in [1.82, 2.24) is 5.32 Å². The molecule has 1 aromatic rings. The molecule has 0 aliphatic rings. The Morgan fingerprint density at radius 3 is 2.56 bits per heavy atom. The Morgan fingerprint density at radius 1 is 1.44 bits per heavy atom. The summed E-state index contributed by atoms with van der Waals surface area (Å²) in [7, 11) is 0. The predicted octanol–water partition coefficient (Wildman–Crippen LogP) is 1.36. The van der Waals surface area contributed by atoms with Gasteiger partial charge in [0, 0.05) is 10.0 Å². The number of rotatable bonds is 3. The second kappa shape index (κ2) is 5.12. The molecule has 0 heterocycles. The molecule has 86 valence electrons. The Bertz CT molecular complexity index is 432. The van der Waals surface area contributed by atoms with Crippen LogP contribution in [0.1, 0.15) is 22.8 Å². The fourth-order valence-electron chi connectivity index (χ4n) is 1.09. The van der Waals surface area contributed by atoms with Crippen molar-refractivity contribution in [3.05, 3.63) is 33.8 Å². The molecule has 3 N–H and O–H groups in total. The Morgan fingerprint density at radius 2 is 2.06 bits per heavy atom. The summed E-state index contributed by atoms with van der Waals surface area (Å²) in [4.78, 5) is 22.5. The van der Waals surface area contributed by atoms with Crippen molar-refractivity contribution in [1.29, 1.82) is 0 Å². The highest BCUT2D eigenvalue weighted by Gasteiger charge is 2.13. The Labute approximate surface area is 102 Å². The lowest BCUT2D eigenvalue weighted by Gasteiger charge is -2.10. The molecule has 1 unspecified atom stereocenters. The van der Waals surface area contributed by atoms with E-state index in [2.05, 4.69) is 21.2 Å². The van der Waals surface area contributed by atoms with Gasteiger partial charge < -0.3 is 11.1 Å². The maximum absolute atomic E-state index is 11.7. The van der Waals surface area contributed by atoms with Gasteiger partial charge in [0.25, 0.3) is 5.91 Å². The Hall–Kier alpha value is -1.36. The first-order valence-corrected chi connectivity index (χ1v) is 5.57. The summed E-state index contributed by atoms with van der Waals surface area (Å²) in [5.41, 5.74) is 6.59. The van der Waals surface area contributed by atoms with Gasteiger partial charge in [-0.25, -0.2) is 0 Å². The minimum Gasteiger partial charge on any atom is -0.368 e. The van der Waals surface area contributed by atoms with Crippen molar-refractivity contribution in [2.24, 2.45) is 5.73 Å². The third-order valence-electron chi connectivity index (χ3n) is 2.21. The highest BCUT2D eigenvalue weighted by atomic mass is 79.9. The summed E-state index contributed by atoms with van der Waals surface area (Å²) in [6, 6.07) is 4.56. The van der Waals surface area contributed by atoms with Crippen LogP contribution in [-0.4, -0.2) is 17.9 Å². The molecule has 1 aromatic carbocycles. The number of carbonyl (C=O) groups is 2. The van der Waals surface area contributed by atoms with Gasteiger partial charge in [-0.15, -0.1) is 0 Å². The summed E-state index contributed by atoms with van der Waals surface area (Å²) >= 11 is 3.34. The van der Waals surface area contributed by atoms with Gasteiger partial charge in [0.15, 0.2) is 0 Å². The average Bonchev–Trinajstić information content (AvgIpc) is 2.21. The SMILES string of the molecule is Cc1ccc(C(=O)NC(C)C(N)=O)cc1Br. The molecule has 0 radical (unpaired) electrons. The van der Waals surface area contributed by atoms with Gasteiger partial charge in [0.05, 0.1) is 0 Å². The van der Waals surface area contributed by atoms with Gasteiger partial charge in [-0.1, -0.05) is 22.0 Å². The summed E-state index contributed by atoms with van der Waals surface area (Å²) < 4.78 is 0.854. The lowest BCUT2D eigenvalue weighted by Crippen LogP contribution is -2.42. The molecule has 16 heavy (non-hydrogen) atoms. The maximum Gasteiger partial charge on any atom is 0.251 e. The standard InChI is InChI=1S/C11H13BrN2O2/c1-6-3-4-8(5-9(6)12)11(16)14-7(2)10(13)15/h3-5,7H,1-2H3,(H2,13,15)(H,14,16). The molecule has 0 spiro atoms. The smallest absolute Gasteiger partial charge is 0.251 e. The maximum atomic E-state index is 11.7. The van der Waals surface area contributed by atoms with Gasteiger partial charge in [-0.3, -0.25) is 9.59 Å². The zero-order chi connectivity index (χ0) is 12.3. The van der Waals surface area contributed by atoms with E-state index in [4.69, 9.17) is 5.73 Å². The van der Waals surface area contributed by atoms with Crippen molar-refractivity contribution in [2.75, 3.05) is 0 Å². The van der Waals surface area contributed by atoms with Crippen molar-refractivity contribution < 1.29 is 9.59 Å². The van der Waals surface area contributed by atoms with Crippen molar-refractivity contribution in [3.63, 3.8) is 0 Å². The van der Waals surface area contributed by atoms with Gasteiger partial charge in [0.2, 0.25) is 5.91 Å². The van der Waals surface area contributed by atoms with Crippen LogP contribution < -0.4 is 11.1 Å². The predicted molar refractivity (Wildman–Crippen MR) is 65.0 cm³/mol. The van der Waals surface area contributed by atoms with Crippen LogP contribution in [0.25, 0.3) is 0 Å². The third-order valence-corrected chi connectivity index (χ3v) is 3.06. The van der Waals surface area contributed by atoms with E-state index >= 15 is 0 Å². The summed E-state index contributed by atoms with van der Waals surface area (Å²) in [5, 5.41) is 2.51. The molecule has 5 heteroatoms. The zero-order valence-corrected chi connectivity index (χ0v) is 10.7. The molecule has 0 saturated heterocycles. The third kappa shape index (κ3) is 3.06. The summed E-state index contributed by atoms with van der Waals surface area (Å²) in [6.45, 7) is 3.47. The summed E-state index contributed by atoms with van der Waals surface area (Å²) in [5.74, 6) is -0.869. The minimum absolute atomic E-state index is 0.313. The van der Waals surface area contributed by atoms with Crippen LogP contribution in [0.3, 0.4) is 0 Å². The molecule has 2 amide bonds. The number of benzene rings is 1. The normalized spacial score (nSPS) is 11.9. The van der Waals surface area contributed by atoms with E-state index in [1.807, 2.05) is 13.0 Å². The van der Waals surface area contributed by atoms with Crippen LogP contribution in [0.15, 0.2) is 22.7 Å². The number of carbonyl (C=O) groups excluding carboxylic acids is 2. The lowest BCUT2D eigenvalue weighted by molar-refractivity contribution is -0.119. The van der Waals surface area contributed by atoms with Gasteiger partial charge in [0.1, 0.15) is 6.04 Å². The zero-order valence-electron chi connectivity index (χ0n) is 9.08. The second-order valence-electron chi connectivity index (χ2n) is 3.56. The molecule has 0 saturated carbocycles. The van der Waals surface area contributed by atoms with E-state index < -0.39 is 11.9 Å². The topological polar surface area (TPSA) is 72.2 Å². The molecule has 0 fully saturated rings. The molecule has 0 aromatic heterocycles. The molecule has 4 nitrogen and oxygen atoms in total.